The molecule has 12 heteroatoms. The topological polar surface area (TPSA) is 122 Å². The Morgan fingerprint density at radius 2 is 2.00 bits per heavy atom. The molecule has 0 aliphatic carbocycles. The van der Waals surface area contributed by atoms with Crippen LogP contribution in [0.4, 0.5) is 13.2 Å². The fourth-order valence-corrected chi connectivity index (χ4v) is 6.55. The average Bonchev–Trinajstić information content (AvgIpc) is 3.12. The first kappa shape index (κ1) is 25.4. The van der Waals surface area contributed by atoms with Crippen LogP contribution in [-0.4, -0.2) is 61.6 Å². The van der Waals surface area contributed by atoms with Gasteiger partial charge in [-0.15, -0.1) is 0 Å². The van der Waals surface area contributed by atoms with E-state index in [9.17, 15) is 32.5 Å². The summed E-state index contributed by atoms with van der Waals surface area (Å²) in [4.78, 5) is 24.5. The van der Waals surface area contributed by atoms with Crippen molar-refractivity contribution in [3.05, 3.63) is 41.6 Å². The molecule has 2 unspecified atom stereocenters. The third-order valence-electron chi connectivity index (χ3n) is 6.17. The number of benzene rings is 1. The van der Waals surface area contributed by atoms with Gasteiger partial charge in [-0.2, -0.15) is 18.3 Å². The van der Waals surface area contributed by atoms with Gasteiger partial charge in [-0.3, -0.25) is 18.9 Å². The molecule has 1 aliphatic heterocycles. The molecule has 3 rings (SSSR count). The zero-order chi connectivity index (χ0) is 24.4. The van der Waals surface area contributed by atoms with Gasteiger partial charge in [0.1, 0.15) is 5.69 Å². The molecule has 8 nitrogen and oxygen atoms in total. The quantitative estimate of drug-likeness (QED) is 0.386. The van der Waals surface area contributed by atoms with Gasteiger partial charge in [-0.05, 0) is 31.0 Å². The maximum absolute atomic E-state index is 13.2. The molecule has 33 heavy (non-hydrogen) atoms. The van der Waals surface area contributed by atoms with Gasteiger partial charge in [0.05, 0.1) is 5.69 Å². The largest absolute Gasteiger partial charge is 0.480 e. The van der Waals surface area contributed by atoms with Gasteiger partial charge in [-0.25, -0.2) is 0 Å². The van der Waals surface area contributed by atoms with Crippen molar-refractivity contribution in [2.75, 3.05) is 25.8 Å². The number of nitrogens with zero attached hydrogens (tertiary/aromatic N) is 3. The molecule has 1 aliphatic rings. The molecule has 1 saturated heterocycles. The molecule has 1 aromatic heterocycles. The molecule has 2 aromatic rings. The van der Waals surface area contributed by atoms with Crippen LogP contribution in [-0.2, 0) is 29.1 Å². The van der Waals surface area contributed by atoms with Gasteiger partial charge in [-0.1, -0.05) is 30.7 Å². The third kappa shape index (κ3) is 5.16. The van der Waals surface area contributed by atoms with Crippen molar-refractivity contribution in [1.82, 2.24) is 14.7 Å². The minimum absolute atomic E-state index is 0.0284. The molecule has 1 aromatic carbocycles. The minimum atomic E-state index is -4.55. The van der Waals surface area contributed by atoms with E-state index >= 15 is 0 Å². The first-order valence-corrected chi connectivity index (χ1v) is 12.4. The van der Waals surface area contributed by atoms with Crippen LogP contribution in [0.15, 0.2) is 30.3 Å². The summed E-state index contributed by atoms with van der Waals surface area (Å²) in [6.07, 6.45) is -3.74. The standard InChI is InChI=1S/C21H28F3N4O4P/c1-27-18(21(22,23)24)12-17(26-27)16-7-3-2-6-15(16)13-28-10-11-33(31,32)20(14-28,19(29)30)8-4-5-9-25/h2-3,6-7,12H,4-5,8-11,13-14,25H2,1H3,(H,29,30)(H,31,32). The molecule has 1 fully saturated rings. The molecule has 0 spiro atoms. The van der Waals surface area contributed by atoms with E-state index in [2.05, 4.69) is 5.10 Å². The van der Waals surface area contributed by atoms with Crippen LogP contribution in [0, 0.1) is 0 Å². The van der Waals surface area contributed by atoms with Gasteiger partial charge in [0.25, 0.3) is 0 Å². The third-order valence-corrected chi connectivity index (χ3v) is 8.87. The molecule has 182 valence electrons. The molecule has 2 atom stereocenters. The van der Waals surface area contributed by atoms with Crippen molar-refractivity contribution in [1.29, 1.82) is 0 Å². The van der Waals surface area contributed by atoms with Crippen LogP contribution in [0.3, 0.4) is 0 Å². The van der Waals surface area contributed by atoms with Crippen molar-refractivity contribution in [3.63, 3.8) is 0 Å². The highest BCUT2D eigenvalue weighted by Gasteiger charge is 2.56. The van der Waals surface area contributed by atoms with E-state index in [0.29, 0.717) is 30.5 Å². The number of carboxylic acid groups (broad SMARTS) is 1. The number of hydrogen-bond donors (Lipinski definition) is 3. The van der Waals surface area contributed by atoms with Crippen molar-refractivity contribution < 1.29 is 32.5 Å². The second-order valence-electron chi connectivity index (χ2n) is 8.41. The van der Waals surface area contributed by atoms with Gasteiger partial charge in [0.2, 0.25) is 7.37 Å². The molecular weight excluding hydrogens is 460 g/mol. The molecule has 0 bridgehead atoms. The average molecular weight is 488 g/mol. The predicted octanol–water partition coefficient (Wildman–Crippen LogP) is 3.14. The number of alkyl halides is 3. The lowest BCUT2D eigenvalue weighted by molar-refractivity contribution is -0.144. The van der Waals surface area contributed by atoms with Crippen LogP contribution in [0.2, 0.25) is 0 Å². The molecule has 4 N–H and O–H groups in total. The van der Waals surface area contributed by atoms with Crippen LogP contribution >= 0.6 is 7.37 Å². The van der Waals surface area contributed by atoms with Crippen molar-refractivity contribution in [3.8, 4) is 11.3 Å². The highest BCUT2D eigenvalue weighted by molar-refractivity contribution is 7.61. The number of aliphatic carboxylic acids is 1. The SMILES string of the molecule is Cn1nc(-c2ccccc2CN2CCP(=O)(O)C(CCCCN)(C(=O)O)C2)cc1C(F)(F)F. The highest BCUT2D eigenvalue weighted by Crippen LogP contribution is 2.59. The zero-order valence-corrected chi connectivity index (χ0v) is 19.1. The maximum Gasteiger partial charge on any atom is 0.433 e. The van der Waals surface area contributed by atoms with Gasteiger partial charge >= 0.3 is 12.1 Å². The number of hydrogen-bond acceptors (Lipinski definition) is 5. The Bertz CT molecular complexity index is 1060. The Morgan fingerprint density at radius 1 is 1.30 bits per heavy atom. The first-order chi connectivity index (χ1) is 15.4. The van der Waals surface area contributed by atoms with Crippen LogP contribution in [0.25, 0.3) is 11.3 Å². The molecule has 0 radical (unpaired) electrons. The van der Waals surface area contributed by atoms with Crippen molar-refractivity contribution >= 4 is 13.3 Å². The number of aromatic nitrogens is 2. The predicted molar refractivity (Wildman–Crippen MR) is 117 cm³/mol. The minimum Gasteiger partial charge on any atom is -0.480 e. The summed E-state index contributed by atoms with van der Waals surface area (Å²) >= 11 is 0. The summed E-state index contributed by atoms with van der Waals surface area (Å²) < 4.78 is 53.4. The van der Waals surface area contributed by atoms with E-state index < -0.39 is 30.4 Å². The molecule has 0 amide bonds. The van der Waals surface area contributed by atoms with E-state index in [1.165, 1.54) is 7.05 Å². The maximum atomic E-state index is 13.2. The smallest absolute Gasteiger partial charge is 0.433 e. The zero-order valence-electron chi connectivity index (χ0n) is 18.3. The number of aryl methyl sites for hydroxylation is 1. The summed E-state index contributed by atoms with van der Waals surface area (Å²) in [7, 11) is -2.76. The molecule has 0 saturated carbocycles. The van der Waals surface area contributed by atoms with Crippen LogP contribution < -0.4 is 5.73 Å². The second-order valence-corrected chi connectivity index (χ2v) is 11.1. The van der Waals surface area contributed by atoms with Gasteiger partial charge < -0.3 is 15.7 Å². The highest BCUT2D eigenvalue weighted by atomic mass is 31.2. The fourth-order valence-electron chi connectivity index (χ4n) is 4.34. The Morgan fingerprint density at radius 3 is 2.61 bits per heavy atom. The lowest BCUT2D eigenvalue weighted by Gasteiger charge is -2.43. The number of nitrogens with two attached hydrogens (primary N) is 1. The lowest BCUT2D eigenvalue weighted by atomic mass is 9.98. The summed E-state index contributed by atoms with van der Waals surface area (Å²) in [5, 5.41) is 12.2. The Balaban J connectivity index is 1.90. The fraction of sp³-hybridized carbons (Fsp3) is 0.524. The summed E-state index contributed by atoms with van der Waals surface area (Å²) in [6, 6.07) is 7.79. The first-order valence-electron chi connectivity index (χ1n) is 10.6. The number of halogens is 3. The molecule has 2 heterocycles. The summed E-state index contributed by atoms with van der Waals surface area (Å²) in [5.41, 5.74) is 5.92. The Labute approximate surface area is 189 Å². The number of rotatable bonds is 8. The van der Waals surface area contributed by atoms with Gasteiger partial charge in [0.15, 0.2) is 5.16 Å². The second kappa shape index (κ2) is 9.58. The van der Waals surface area contributed by atoms with E-state index in [1.54, 1.807) is 29.2 Å². The number of carboxylic acids is 1. The summed E-state index contributed by atoms with van der Waals surface area (Å²) in [5.74, 6) is -1.32. The van der Waals surface area contributed by atoms with Crippen LogP contribution in [0.1, 0.15) is 30.5 Å². The van der Waals surface area contributed by atoms with E-state index in [4.69, 9.17) is 5.73 Å². The number of unbranched alkanes of at least 4 members (excludes halogenated alkanes) is 1. The monoisotopic (exact) mass is 488 g/mol. The van der Waals surface area contributed by atoms with Crippen molar-refractivity contribution in [2.45, 2.75) is 37.1 Å². The van der Waals surface area contributed by atoms with Gasteiger partial charge in [0, 0.05) is 38.4 Å². The van der Waals surface area contributed by atoms with E-state index in [-0.39, 0.29) is 37.9 Å². The lowest BCUT2D eigenvalue weighted by Crippen LogP contribution is -2.53. The van der Waals surface area contributed by atoms with E-state index in [1.807, 2.05) is 0 Å². The van der Waals surface area contributed by atoms with Crippen molar-refractivity contribution in [2.24, 2.45) is 12.8 Å². The summed E-state index contributed by atoms with van der Waals surface area (Å²) in [6.45, 7) is 0.627. The number of carbonyl (C=O) groups is 1. The van der Waals surface area contributed by atoms with Crippen LogP contribution in [0.5, 0.6) is 0 Å². The Hall–Kier alpha value is -2.20. The molecular formula is C21H28F3N4O4P. The Kier molecular flexibility index (Phi) is 7.38. The normalized spacial score (nSPS) is 24.2. The van der Waals surface area contributed by atoms with E-state index in [0.717, 1.165) is 10.7 Å².